The highest BCUT2D eigenvalue weighted by molar-refractivity contribution is 7.91. The molecule has 0 atom stereocenters. The van der Waals surface area contributed by atoms with Crippen molar-refractivity contribution in [2.24, 2.45) is 0 Å². The summed E-state index contributed by atoms with van der Waals surface area (Å²) in [6.45, 7) is -1.00. The van der Waals surface area contributed by atoms with Crippen LogP contribution in [0.15, 0.2) is 23.1 Å². The number of benzene rings is 1. The summed E-state index contributed by atoms with van der Waals surface area (Å²) in [5.41, 5.74) is 5.54. The molecular formula is C9H9ClF3NO3S. The minimum Gasteiger partial charge on any atom is -0.399 e. The SMILES string of the molecule is Nc1ccc(Cl)c(S(=O)(=O)CCOC(F)(F)F)c1. The molecule has 9 heteroatoms. The van der Waals surface area contributed by atoms with Gasteiger partial charge in [0.15, 0.2) is 9.84 Å². The maximum Gasteiger partial charge on any atom is 0.522 e. The Balaban J connectivity index is 2.84. The number of sulfone groups is 1. The molecule has 0 bridgehead atoms. The summed E-state index contributed by atoms with van der Waals surface area (Å²) < 4.78 is 62.0. The Morgan fingerprint density at radius 1 is 1.33 bits per heavy atom. The molecule has 2 N–H and O–H groups in total. The fourth-order valence-corrected chi connectivity index (χ4v) is 2.81. The van der Waals surface area contributed by atoms with Gasteiger partial charge in [-0.3, -0.25) is 4.74 Å². The topological polar surface area (TPSA) is 69.4 Å². The number of rotatable bonds is 4. The van der Waals surface area contributed by atoms with Crippen LogP contribution < -0.4 is 5.73 Å². The van der Waals surface area contributed by atoms with Crippen molar-refractivity contribution in [3.8, 4) is 0 Å². The predicted molar refractivity (Wildman–Crippen MR) is 59.9 cm³/mol. The highest BCUT2D eigenvalue weighted by Gasteiger charge is 2.30. The van der Waals surface area contributed by atoms with Gasteiger partial charge in [-0.05, 0) is 18.2 Å². The molecular weight excluding hydrogens is 295 g/mol. The Labute approximate surface area is 106 Å². The van der Waals surface area contributed by atoms with Crippen LogP contribution in [-0.4, -0.2) is 27.1 Å². The second-order valence-electron chi connectivity index (χ2n) is 3.30. The molecule has 1 rings (SSSR count). The second kappa shape index (κ2) is 5.33. The van der Waals surface area contributed by atoms with E-state index in [9.17, 15) is 21.6 Å². The quantitative estimate of drug-likeness (QED) is 0.866. The standard InChI is InChI=1S/C9H9ClF3NO3S/c10-7-2-1-6(14)5-8(7)18(15,16)4-3-17-9(11,12)13/h1-2,5H,3-4,14H2. The fourth-order valence-electron chi connectivity index (χ4n) is 1.14. The monoisotopic (exact) mass is 303 g/mol. The summed E-state index contributed by atoms with van der Waals surface area (Å²) in [5.74, 6) is -0.838. The van der Waals surface area contributed by atoms with Gasteiger partial charge in [-0.25, -0.2) is 8.42 Å². The number of nitrogens with two attached hydrogens (primary N) is 1. The number of ether oxygens (including phenoxy) is 1. The van der Waals surface area contributed by atoms with Gasteiger partial charge in [0, 0.05) is 5.69 Å². The number of alkyl halides is 3. The van der Waals surface area contributed by atoms with E-state index in [0.29, 0.717) is 0 Å². The van der Waals surface area contributed by atoms with Gasteiger partial charge in [-0.2, -0.15) is 0 Å². The summed E-state index contributed by atoms with van der Waals surface area (Å²) in [5, 5.41) is -0.101. The zero-order chi connectivity index (χ0) is 14.0. The molecule has 1 aromatic rings. The van der Waals surface area contributed by atoms with E-state index in [1.807, 2.05) is 0 Å². The van der Waals surface area contributed by atoms with Crippen LogP contribution in [0.5, 0.6) is 0 Å². The van der Waals surface area contributed by atoms with E-state index < -0.39 is 28.6 Å². The van der Waals surface area contributed by atoms with Crippen molar-refractivity contribution in [1.82, 2.24) is 0 Å². The molecule has 0 unspecified atom stereocenters. The molecule has 0 aliphatic heterocycles. The van der Waals surface area contributed by atoms with Crippen LogP contribution >= 0.6 is 11.6 Å². The number of anilines is 1. The lowest BCUT2D eigenvalue weighted by molar-refractivity contribution is -0.322. The van der Waals surface area contributed by atoms with Gasteiger partial charge in [-0.1, -0.05) is 11.6 Å². The van der Waals surface area contributed by atoms with Crippen LogP contribution in [0.1, 0.15) is 0 Å². The number of hydrogen-bond acceptors (Lipinski definition) is 4. The van der Waals surface area contributed by atoms with Crippen molar-refractivity contribution < 1.29 is 26.3 Å². The molecule has 0 aliphatic rings. The third-order valence-electron chi connectivity index (χ3n) is 1.91. The smallest absolute Gasteiger partial charge is 0.399 e. The first-order valence-electron chi connectivity index (χ1n) is 4.60. The summed E-state index contributed by atoms with van der Waals surface area (Å²) in [4.78, 5) is -0.310. The third kappa shape index (κ3) is 4.35. The van der Waals surface area contributed by atoms with Crippen LogP contribution in [0.3, 0.4) is 0 Å². The molecule has 0 aliphatic carbocycles. The van der Waals surface area contributed by atoms with Crippen molar-refractivity contribution in [1.29, 1.82) is 0 Å². The van der Waals surface area contributed by atoms with Gasteiger partial charge in [0.25, 0.3) is 0 Å². The Bertz CT molecular complexity index is 530. The van der Waals surface area contributed by atoms with Crippen molar-refractivity contribution in [2.45, 2.75) is 11.3 Å². The van der Waals surface area contributed by atoms with Crippen LogP contribution in [0.2, 0.25) is 5.02 Å². The third-order valence-corrected chi connectivity index (χ3v) is 4.06. The van der Waals surface area contributed by atoms with Gasteiger partial charge in [0.05, 0.1) is 22.3 Å². The molecule has 0 radical (unpaired) electrons. The molecule has 0 saturated carbocycles. The zero-order valence-electron chi connectivity index (χ0n) is 8.87. The van der Waals surface area contributed by atoms with Gasteiger partial charge in [0.1, 0.15) is 0 Å². The lowest BCUT2D eigenvalue weighted by atomic mass is 10.3. The summed E-state index contributed by atoms with van der Waals surface area (Å²) in [7, 11) is -3.97. The average molecular weight is 304 g/mol. The van der Waals surface area contributed by atoms with E-state index in [1.54, 1.807) is 0 Å². The van der Waals surface area contributed by atoms with Gasteiger partial charge < -0.3 is 5.73 Å². The fraction of sp³-hybridized carbons (Fsp3) is 0.333. The number of nitrogen functional groups attached to an aromatic ring is 1. The normalized spacial score (nSPS) is 12.7. The number of hydrogen-bond donors (Lipinski definition) is 1. The minimum absolute atomic E-state index is 0.101. The highest BCUT2D eigenvalue weighted by atomic mass is 35.5. The Hall–Kier alpha value is -0.990. The Morgan fingerprint density at radius 3 is 2.50 bits per heavy atom. The maximum absolute atomic E-state index is 11.7. The van der Waals surface area contributed by atoms with Gasteiger partial charge in [-0.15, -0.1) is 13.2 Å². The first-order valence-corrected chi connectivity index (χ1v) is 6.63. The molecule has 0 spiro atoms. The van der Waals surface area contributed by atoms with Crippen molar-refractivity contribution in [2.75, 3.05) is 18.1 Å². The van der Waals surface area contributed by atoms with Crippen LogP contribution in [0, 0.1) is 0 Å². The lowest BCUT2D eigenvalue weighted by Crippen LogP contribution is -2.20. The zero-order valence-corrected chi connectivity index (χ0v) is 10.4. The number of halogens is 4. The summed E-state index contributed by atoms with van der Waals surface area (Å²) >= 11 is 5.65. The largest absolute Gasteiger partial charge is 0.522 e. The lowest BCUT2D eigenvalue weighted by Gasteiger charge is -2.09. The molecule has 18 heavy (non-hydrogen) atoms. The summed E-state index contributed by atoms with van der Waals surface area (Å²) in [6.07, 6.45) is -4.87. The van der Waals surface area contributed by atoms with Crippen molar-refractivity contribution >= 4 is 27.1 Å². The first kappa shape index (κ1) is 15.1. The minimum atomic E-state index is -4.87. The van der Waals surface area contributed by atoms with Crippen LogP contribution in [0.25, 0.3) is 0 Å². The maximum atomic E-state index is 11.7. The van der Waals surface area contributed by atoms with E-state index in [0.717, 1.165) is 6.07 Å². The Kier molecular flexibility index (Phi) is 4.46. The molecule has 0 fully saturated rings. The first-order chi connectivity index (χ1) is 8.12. The van der Waals surface area contributed by atoms with Gasteiger partial charge >= 0.3 is 6.36 Å². The Morgan fingerprint density at radius 2 is 1.94 bits per heavy atom. The molecule has 4 nitrogen and oxygen atoms in total. The van der Waals surface area contributed by atoms with E-state index in [-0.39, 0.29) is 15.6 Å². The van der Waals surface area contributed by atoms with E-state index in [1.165, 1.54) is 12.1 Å². The van der Waals surface area contributed by atoms with E-state index >= 15 is 0 Å². The molecule has 0 heterocycles. The van der Waals surface area contributed by atoms with Crippen LogP contribution in [0.4, 0.5) is 18.9 Å². The van der Waals surface area contributed by atoms with E-state index in [2.05, 4.69) is 4.74 Å². The molecule has 0 aromatic heterocycles. The van der Waals surface area contributed by atoms with E-state index in [4.69, 9.17) is 17.3 Å². The molecule has 1 aromatic carbocycles. The highest BCUT2D eigenvalue weighted by Crippen LogP contribution is 2.25. The predicted octanol–water partition coefficient (Wildman–Crippen LogP) is 2.23. The summed E-state index contributed by atoms with van der Waals surface area (Å²) in [6, 6.07) is 3.73. The van der Waals surface area contributed by atoms with Crippen molar-refractivity contribution in [3.63, 3.8) is 0 Å². The van der Waals surface area contributed by atoms with Crippen molar-refractivity contribution in [3.05, 3.63) is 23.2 Å². The average Bonchev–Trinajstić information content (AvgIpc) is 2.19. The molecule has 0 saturated heterocycles. The van der Waals surface area contributed by atoms with Crippen LogP contribution in [-0.2, 0) is 14.6 Å². The van der Waals surface area contributed by atoms with Gasteiger partial charge in [0.2, 0.25) is 0 Å². The second-order valence-corrected chi connectivity index (χ2v) is 5.79. The molecule has 102 valence electrons. The molecule has 0 amide bonds.